The van der Waals surface area contributed by atoms with Crippen molar-refractivity contribution in [2.24, 2.45) is 0 Å². The van der Waals surface area contributed by atoms with Gasteiger partial charge in [0.15, 0.2) is 0 Å². The van der Waals surface area contributed by atoms with Gasteiger partial charge < -0.3 is 4.74 Å². The van der Waals surface area contributed by atoms with Crippen molar-refractivity contribution in [2.75, 3.05) is 7.11 Å². The molecule has 1 heterocycles. The van der Waals surface area contributed by atoms with Crippen LogP contribution in [0.1, 0.15) is 20.8 Å². The highest BCUT2D eigenvalue weighted by Crippen LogP contribution is 2.20. The summed E-state index contributed by atoms with van der Waals surface area (Å²) < 4.78 is 7.56. The minimum absolute atomic E-state index is 0.0816. The van der Waals surface area contributed by atoms with Gasteiger partial charge in [-0.2, -0.15) is 4.98 Å². The number of methoxy groups -OCH3 is 1. The lowest BCUT2D eigenvalue weighted by Gasteiger charge is -2.19. The fourth-order valence-electron chi connectivity index (χ4n) is 0.843. The van der Waals surface area contributed by atoms with E-state index in [4.69, 9.17) is 4.74 Å². The molecule has 0 N–H and O–H groups in total. The zero-order chi connectivity index (χ0) is 9.35. The Bertz CT molecular complexity index is 277. The molecule has 68 valence electrons. The maximum atomic E-state index is 5.08. The van der Waals surface area contributed by atoms with Crippen molar-refractivity contribution in [1.82, 2.24) is 14.8 Å². The molecule has 4 nitrogen and oxygen atoms in total. The molecular weight excluding hydrogens is 269 g/mol. The number of ether oxygens (including phenoxy) is 1. The average molecular weight is 281 g/mol. The number of nitrogens with zero attached hydrogens (tertiary/aromatic N) is 3. The highest BCUT2D eigenvalue weighted by Gasteiger charge is 2.20. The number of hydrogen-bond donors (Lipinski definition) is 0. The lowest BCUT2D eigenvalue weighted by Crippen LogP contribution is -2.23. The van der Waals surface area contributed by atoms with Crippen LogP contribution in [0.3, 0.4) is 0 Å². The van der Waals surface area contributed by atoms with Crippen LogP contribution in [0.15, 0.2) is 0 Å². The van der Waals surface area contributed by atoms with Crippen LogP contribution in [0.4, 0.5) is 0 Å². The lowest BCUT2D eigenvalue weighted by atomic mass is 10.1. The van der Waals surface area contributed by atoms with Crippen molar-refractivity contribution in [2.45, 2.75) is 26.3 Å². The van der Waals surface area contributed by atoms with Crippen LogP contribution >= 0.6 is 22.6 Å². The van der Waals surface area contributed by atoms with E-state index in [0.717, 1.165) is 0 Å². The predicted molar refractivity (Wildman–Crippen MR) is 54.3 cm³/mol. The molecule has 0 unspecified atom stereocenters. The minimum Gasteiger partial charge on any atom is -0.467 e. The second kappa shape index (κ2) is 3.20. The fourth-order valence-corrected chi connectivity index (χ4v) is 1.27. The molecule has 0 aliphatic heterocycles. The van der Waals surface area contributed by atoms with Crippen molar-refractivity contribution in [3.05, 3.63) is 3.83 Å². The molecular formula is C7H12IN3O. The summed E-state index contributed by atoms with van der Waals surface area (Å²) >= 11 is 2.07. The second-order valence-corrected chi connectivity index (χ2v) is 4.42. The molecule has 0 fully saturated rings. The first-order valence-electron chi connectivity index (χ1n) is 3.62. The van der Waals surface area contributed by atoms with Gasteiger partial charge in [0.1, 0.15) is 0 Å². The van der Waals surface area contributed by atoms with Crippen molar-refractivity contribution < 1.29 is 4.74 Å². The van der Waals surface area contributed by atoms with E-state index in [0.29, 0.717) is 9.84 Å². The highest BCUT2D eigenvalue weighted by atomic mass is 127. The molecule has 0 aliphatic rings. The van der Waals surface area contributed by atoms with Gasteiger partial charge in [0.05, 0.1) is 12.6 Å². The first-order valence-corrected chi connectivity index (χ1v) is 4.70. The SMILES string of the molecule is COc1nc(I)nn1C(C)(C)C. The summed E-state index contributed by atoms with van der Waals surface area (Å²) in [5, 5.41) is 4.22. The van der Waals surface area contributed by atoms with Crippen LogP contribution < -0.4 is 4.74 Å². The average Bonchev–Trinajstić information content (AvgIpc) is 2.29. The third-order valence-electron chi connectivity index (χ3n) is 1.37. The molecule has 0 amide bonds. The van der Waals surface area contributed by atoms with E-state index in [1.165, 1.54) is 0 Å². The van der Waals surface area contributed by atoms with Crippen molar-refractivity contribution in [3.8, 4) is 6.01 Å². The van der Waals surface area contributed by atoms with Gasteiger partial charge >= 0.3 is 6.01 Å². The molecule has 0 saturated heterocycles. The van der Waals surface area contributed by atoms with E-state index in [1.54, 1.807) is 11.8 Å². The maximum absolute atomic E-state index is 5.08. The molecule has 0 bridgehead atoms. The van der Waals surface area contributed by atoms with Crippen LogP contribution in [-0.4, -0.2) is 21.9 Å². The topological polar surface area (TPSA) is 39.9 Å². The predicted octanol–water partition coefficient (Wildman–Crippen LogP) is 1.65. The maximum Gasteiger partial charge on any atom is 0.315 e. The molecule has 0 spiro atoms. The zero-order valence-electron chi connectivity index (χ0n) is 7.63. The highest BCUT2D eigenvalue weighted by molar-refractivity contribution is 14.1. The molecule has 1 aromatic heterocycles. The molecule has 0 atom stereocenters. The van der Waals surface area contributed by atoms with Crippen molar-refractivity contribution >= 4 is 22.6 Å². The van der Waals surface area contributed by atoms with Gasteiger partial charge in [0.25, 0.3) is 0 Å². The van der Waals surface area contributed by atoms with Crippen LogP contribution in [-0.2, 0) is 5.54 Å². The first kappa shape index (κ1) is 9.76. The molecule has 0 saturated carbocycles. The quantitative estimate of drug-likeness (QED) is 0.735. The van der Waals surface area contributed by atoms with Crippen molar-refractivity contribution in [1.29, 1.82) is 0 Å². The van der Waals surface area contributed by atoms with E-state index < -0.39 is 0 Å². The van der Waals surface area contributed by atoms with Crippen LogP contribution in [0.2, 0.25) is 0 Å². The largest absolute Gasteiger partial charge is 0.467 e. The lowest BCUT2D eigenvalue weighted by molar-refractivity contribution is 0.275. The Balaban J connectivity index is 3.13. The second-order valence-electron chi connectivity index (χ2n) is 3.45. The van der Waals surface area contributed by atoms with Gasteiger partial charge in [-0.05, 0) is 20.8 Å². The van der Waals surface area contributed by atoms with Crippen LogP contribution in [0.25, 0.3) is 0 Å². The Morgan fingerprint density at radius 1 is 1.42 bits per heavy atom. The van der Waals surface area contributed by atoms with Gasteiger partial charge in [-0.1, -0.05) is 0 Å². The normalized spacial score (nSPS) is 11.8. The van der Waals surface area contributed by atoms with Crippen molar-refractivity contribution in [3.63, 3.8) is 0 Å². The van der Waals surface area contributed by atoms with E-state index >= 15 is 0 Å². The minimum atomic E-state index is -0.0816. The molecule has 1 rings (SSSR count). The number of hydrogen-bond acceptors (Lipinski definition) is 3. The third kappa shape index (κ3) is 1.88. The van der Waals surface area contributed by atoms with E-state index in [1.807, 2.05) is 0 Å². The third-order valence-corrected chi connectivity index (χ3v) is 1.83. The number of halogens is 1. The van der Waals surface area contributed by atoms with E-state index in [-0.39, 0.29) is 5.54 Å². The van der Waals surface area contributed by atoms with Gasteiger partial charge in [-0.25, -0.2) is 4.68 Å². The Labute approximate surface area is 85.5 Å². The molecule has 0 aromatic carbocycles. The summed E-state index contributed by atoms with van der Waals surface area (Å²) in [6, 6.07) is 0.562. The standard InChI is InChI=1S/C7H12IN3O/c1-7(2,3)11-6(12-4)9-5(8)10-11/h1-4H3. The summed E-state index contributed by atoms with van der Waals surface area (Å²) in [7, 11) is 1.60. The van der Waals surface area contributed by atoms with Crippen LogP contribution in [0.5, 0.6) is 6.01 Å². The monoisotopic (exact) mass is 281 g/mol. The van der Waals surface area contributed by atoms with Gasteiger partial charge in [-0.3, -0.25) is 0 Å². The summed E-state index contributed by atoms with van der Waals surface area (Å²) in [5.74, 6) is 0. The number of rotatable bonds is 1. The van der Waals surface area contributed by atoms with Gasteiger partial charge in [-0.15, -0.1) is 5.10 Å². The Hall–Kier alpha value is -0.330. The number of aromatic nitrogens is 3. The summed E-state index contributed by atoms with van der Waals surface area (Å²) in [6.07, 6.45) is 0. The summed E-state index contributed by atoms with van der Waals surface area (Å²) in [6.45, 7) is 6.17. The smallest absolute Gasteiger partial charge is 0.315 e. The summed E-state index contributed by atoms with van der Waals surface area (Å²) in [4.78, 5) is 4.11. The molecule has 5 heteroatoms. The molecule has 12 heavy (non-hydrogen) atoms. The Morgan fingerprint density at radius 3 is 2.33 bits per heavy atom. The van der Waals surface area contributed by atoms with E-state index in [9.17, 15) is 0 Å². The van der Waals surface area contributed by atoms with Crippen LogP contribution in [0, 0.1) is 3.83 Å². The molecule has 0 aliphatic carbocycles. The van der Waals surface area contributed by atoms with Gasteiger partial charge in [0, 0.05) is 22.6 Å². The molecule has 0 radical (unpaired) electrons. The fraction of sp³-hybridized carbons (Fsp3) is 0.714. The Morgan fingerprint density at radius 2 is 2.00 bits per heavy atom. The van der Waals surface area contributed by atoms with Gasteiger partial charge in [0.2, 0.25) is 3.83 Å². The molecule has 1 aromatic rings. The zero-order valence-corrected chi connectivity index (χ0v) is 9.79. The summed E-state index contributed by atoms with van der Waals surface area (Å²) in [5.41, 5.74) is -0.0816. The first-order chi connectivity index (χ1) is 5.45. The Kier molecular flexibility index (Phi) is 2.60. The van der Waals surface area contributed by atoms with E-state index in [2.05, 4.69) is 53.4 Å².